The van der Waals surface area contributed by atoms with Crippen LogP contribution in [0.2, 0.25) is 0 Å². The van der Waals surface area contributed by atoms with Gasteiger partial charge in [-0.1, -0.05) is 12.1 Å². The van der Waals surface area contributed by atoms with E-state index in [-0.39, 0.29) is 11.9 Å². The van der Waals surface area contributed by atoms with Gasteiger partial charge in [-0.25, -0.2) is 0 Å². The van der Waals surface area contributed by atoms with Gasteiger partial charge in [0.05, 0.1) is 5.56 Å². The monoisotopic (exact) mass is 300 g/mol. The number of nitrogens with zero attached hydrogens (tertiary/aromatic N) is 1. The lowest BCUT2D eigenvalue weighted by atomic mass is 10.1. The van der Waals surface area contributed by atoms with Crippen molar-refractivity contribution in [2.45, 2.75) is 32.0 Å². The first kappa shape index (κ1) is 15.8. The van der Waals surface area contributed by atoms with E-state index in [2.05, 4.69) is 5.32 Å². The second kappa shape index (κ2) is 6.47. The number of halogens is 3. The molecule has 1 aromatic carbocycles. The van der Waals surface area contributed by atoms with Gasteiger partial charge in [-0.05, 0) is 31.0 Å². The van der Waals surface area contributed by atoms with Gasteiger partial charge >= 0.3 is 6.18 Å². The fraction of sp³-hybridized carbons (Fsp3) is 0.533. The Bertz CT molecular complexity index is 485. The number of nitrogens with one attached hydrogen (secondary N) is 1. The number of alkyl halides is 3. The molecule has 6 heteroatoms. The number of hydrogen-bond donors (Lipinski definition) is 1. The van der Waals surface area contributed by atoms with E-state index in [1.807, 2.05) is 11.8 Å². The van der Waals surface area contributed by atoms with Gasteiger partial charge in [0.15, 0.2) is 0 Å². The van der Waals surface area contributed by atoms with Gasteiger partial charge in [0.25, 0.3) is 0 Å². The molecule has 116 valence electrons. The van der Waals surface area contributed by atoms with Gasteiger partial charge in [0.1, 0.15) is 0 Å². The smallest absolute Gasteiger partial charge is 0.337 e. The van der Waals surface area contributed by atoms with Crippen molar-refractivity contribution in [3.8, 4) is 0 Å². The minimum absolute atomic E-state index is 0.0592. The molecule has 0 radical (unpaired) electrons. The predicted molar refractivity (Wildman–Crippen MR) is 73.8 cm³/mol. The van der Waals surface area contributed by atoms with Crippen LogP contribution in [0, 0.1) is 0 Å². The number of aryl methyl sites for hydroxylation is 1. The molecule has 1 fully saturated rings. The number of amides is 1. The molecule has 1 N–H and O–H groups in total. The van der Waals surface area contributed by atoms with Gasteiger partial charge in [-0.15, -0.1) is 0 Å². The molecule has 3 nitrogen and oxygen atoms in total. The second-order valence-corrected chi connectivity index (χ2v) is 5.33. The highest BCUT2D eigenvalue weighted by Crippen LogP contribution is 2.29. The predicted octanol–water partition coefficient (Wildman–Crippen LogP) is 2.46. The van der Waals surface area contributed by atoms with E-state index < -0.39 is 11.7 Å². The highest BCUT2D eigenvalue weighted by Gasteiger charge is 2.30. The van der Waals surface area contributed by atoms with Crippen molar-refractivity contribution < 1.29 is 18.0 Å². The van der Waals surface area contributed by atoms with Crippen molar-refractivity contribution in [3.05, 3.63) is 35.4 Å². The Labute approximate surface area is 122 Å². The van der Waals surface area contributed by atoms with Gasteiger partial charge in [-0.2, -0.15) is 13.2 Å². The Morgan fingerprint density at radius 2 is 2.00 bits per heavy atom. The summed E-state index contributed by atoms with van der Waals surface area (Å²) in [6.45, 7) is 4.25. The Balaban J connectivity index is 1.89. The molecule has 0 bridgehead atoms. The maximum absolute atomic E-state index is 12.5. The Morgan fingerprint density at radius 3 is 2.57 bits per heavy atom. The molecular formula is C15H19F3N2O. The number of rotatable bonds is 3. The highest BCUT2D eigenvalue weighted by atomic mass is 19.4. The third-order valence-electron chi connectivity index (χ3n) is 3.73. The quantitative estimate of drug-likeness (QED) is 0.930. The van der Waals surface area contributed by atoms with E-state index >= 15 is 0 Å². The lowest BCUT2D eigenvalue weighted by molar-refractivity contribution is -0.137. The molecule has 1 heterocycles. The number of benzene rings is 1. The molecular weight excluding hydrogens is 281 g/mol. The third kappa shape index (κ3) is 4.20. The maximum Gasteiger partial charge on any atom is 0.416 e. The fourth-order valence-corrected chi connectivity index (χ4v) is 2.47. The lowest BCUT2D eigenvalue weighted by Gasteiger charge is -2.34. The number of carbonyl (C=O) groups excluding carboxylic acids is 1. The number of hydrogen-bond acceptors (Lipinski definition) is 2. The van der Waals surface area contributed by atoms with E-state index in [4.69, 9.17) is 0 Å². The minimum atomic E-state index is -4.31. The van der Waals surface area contributed by atoms with Crippen molar-refractivity contribution in [3.63, 3.8) is 0 Å². The molecule has 0 spiro atoms. The highest BCUT2D eigenvalue weighted by molar-refractivity contribution is 5.77. The van der Waals surface area contributed by atoms with E-state index in [1.54, 1.807) is 0 Å². The Kier molecular flexibility index (Phi) is 4.88. The summed E-state index contributed by atoms with van der Waals surface area (Å²) in [5.74, 6) is 0.0592. The van der Waals surface area contributed by atoms with Crippen LogP contribution in [0.1, 0.15) is 24.5 Å². The van der Waals surface area contributed by atoms with Crippen LogP contribution >= 0.6 is 0 Å². The van der Waals surface area contributed by atoms with Gasteiger partial charge in [0, 0.05) is 32.1 Å². The molecule has 21 heavy (non-hydrogen) atoms. The minimum Gasteiger partial charge on any atom is -0.337 e. The van der Waals surface area contributed by atoms with Crippen LogP contribution in [0.5, 0.6) is 0 Å². The molecule has 1 saturated heterocycles. The molecule has 2 rings (SSSR count). The van der Waals surface area contributed by atoms with Crippen LogP contribution in [0.3, 0.4) is 0 Å². The Hall–Kier alpha value is -1.56. The first-order valence-electron chi connectivity index (χ1n) is 7.04. The van der Waals surface area contributed by atoms with Crippen molar-refractivity contribution in [2.75, 3.05) is 19.6 Å². The van der Waals surface area contributed by atoms with E-state index in [0.29, 0.717) is 19.4 Å². The number of carbonyl (C=O) groups is 1. The van der Waals surface area contributed by atoms with Crippen molar-refractivity contribution in [2.24, 2.45) is 0 Å². The summed E-state index contributed by atoms with van der Waals surface area (Å²) in [4.78, 5) is 14.0. The fourth-order valence-electron chi connectivity index (χ4n) is 2.47. The third-order valence-corrected chi connectivity index (χ3v) is 3.73. The van der Waals surface area contributed by atoms with E-state index in [1.165, 1.54) is 12.1 Å². The van der Waals surface area contributed by atoms with E-state index in [9.17, 15) is 18.0 Å². The molecule has 0 saturated carbocycles. The summed E-state index contributed by atoms with van der Waals surface area (Å²) in [5, 5.41) is 3.21. The normalized spacial score (nSPS) is 19.6. The first-order chi connectivity index (χ1) is 9.88. The standard InChI is InChI=1S/C15H19F3N2O/c1-11-10-19-8-9-20(11)14(21)7-4-12-2-5-13(6-3-12)15(16,17)18/h2-3,5-6,11,19H,4,7-10H2,1H3/t11-/m1/s1. The van der Waals surface area contributed by atoms with Crippen molar-refractivity contribution in [1.82, 2.24) is 10.2 Å². The Morgan fingerprint density at radius 1 is 1.33 bits per heavy atom. The largest absolute Gasteiger partial charge is 0.416 e. The van der Waals surface area contributed by atoms with Gasteiger partial charge in [0.2, 0.25) is 5.91 Å². The maximum atomic E-state index is 12.5. The summed E-state index contributed by atoms with van der Waals surface area (Å²) < 4.78 is 37.4. The summed E-state index contributed by atoms with van der Waals surface area (Å²) in [7, 11) is 0. The van der Waals surface area contributed by atoms with Gasteiger partial charge < -0.3 is 10.2 Å². The number of piperazine rings is 1. The molecule has 1 atom stereocenters. The van der Waals surface area contributed by atoms with Gasteiger partial charge in [-0.3, -0.25) is 4.79 Å². The average molecular weight is 300 g/mol. The van der Waals surface area contributed by atoms with Crippen molar-refractivity contribution in [1.29, 1.82) is 0 Å². The van der Waals surface area contributed by atoms with Crippen LogP contribution in [0.4, 0.5) is 13.2 Å². The molecule has 1 aliphatic heterocycles. The van der Waals surface area contributed by atoms with Crippen LogP contribution in [-0.4, -0.2) is 36.5 Å². The second-order valence-electron chi connectivity index (χ2n) is 5.33. The molecule has 0 aliphatic carbocycles. The molecule has 1 aromatic rings. The molecule has 0 aromatic heterocycles. The lowest BCUT2D eigenvalue weighted by Crippen LogP contribution is -2.52. The zero-order chi connectivity index (χ0) is 15.5. The first-order valence-corrected chi connectivity index (χ1v) is 7.04. The van der Waals surface area contributed by atoms with Crippen LogP contribution in [0.25, 0.3) is 0 Å². The molecule has 1 aliphatic rings. The summed E-state index contributed by atoms with van der Waals surface area (Å²) >= 11 is 0. The van der Waals surface area contributed by atoms with E-state index in [0.717, 1.165) is 30.8 Å². The molecule has 0 unspecified atom stereocenters. The SMILES string of the molecule is C[C@@H]1CNCCN1C(=O)CCc1ccc(C(F)(F)F)cc1. The van der Waals surface area contributed by atoms with Crippen LogP contribution in [0.15, 0.2) is 24.3 Å². The van der Waals surface area contributed by atoms with Crippen LogP contribution in [-0.2, 0) is 17.4 Å². The zero-order valence-corrected chi connectivity index (χ0v) is 11.9. The average Bonchev–Trinajstić information content (AvgIpc) is 2.45. The topological polar surface area (TPSA) is 32.3 Å². The summed E-state index contributed by atoms with van der Waals surface area (Å²) in [6, 6.07) is 5.17. The summed E-state index contributed by atoms with van der Waals surface area (Å²) in [6.07, 6.45) is -3.52. The van der Waals surface area contributed by atoms with Crippen LogP contribution < -0.4 is 5.32 Å². The summed E-state index contributed by atoms with van der Waals surface area (Å²) in [5.41, 5.74) is 0.0902. The zero-order valence-electron chi connectivity index (χ0n) is 11.9. The van der Waals surface area contributed by atoms with Crippen molar-refractivity contribution >= 4 is 5.91 Å². The molecule has 1 amide bonds.